The second-order valence-electron chi connectivity index (χ2n) is 8.27. The van der Waals surface area contributed by atoms with Gasteiger partial charge in [-0.15, -0.1) is 0 Å². The zero-order valence-corrected chi connectivity index (χ0v) is 18.3. The average Bonchev–Trinajstić information content (AvgIpc) is 2.75. The Morgan fingerprint density at radius 3 is 2.43 bits per heavy atom. The number of rotatable bonds is 10. The van der Waals surface area contributed by atoms with Gasteiger partial charge in [0.2, 0.25) is 5.91 Å². The van der Waals surface area contributed by atoms with Crippen LogP contribution in [-0.2, 0) is 11.3 Å². The van der Waals surface area contributed by atoms with E-state index in [0.29, 0.717) is 38.0 Å². The van der Waals surface area contributed by atoms with Crippen molar-refractivity contribution in [3.8, 4) is 6.07 Å². The van der Waals surface area contributed by atoms with E-state index < -0.39 is 0 Å². The van der Waals surface area contributed by atoms with E-state index in [-0.39, 0.29) is 18.0 Å². The third-order valence-corrected chi connectivity index (χ3v) is 5.42. The zero-order valence-electron chi connectivity index (χ0n) is 18.3. The Hall–Kier alpha value is -2.59. The molecule has 0 unspecified atom stereocenters. The van der Waals surface area contributed by atoms with Gasteiger partial charge in [0.25, 0.3) is 0 Å². The van der Waals surface area contributed by atoms with Crippen molar-refractivity contribution in [1.29, 1.82) is 5.26 Å². The highest BCUT2D eigenvalue weighted by molar-refractivity contribution is 5.76. The number of amides is 3. The molecular formula is C23H35N5O2. The van der Waals surface area contributed by atoms with Crippen LogP contribution in [0.1, 0.15) is 56.1 Å². The second-order valence-corrected chi connectivity index (χ2v) is 8.27. The molecule has 1 aromatic rings. The molecule has 1 fully saturated rings. The van der Waals surface area contributed by atoms with Crippen LogP contribution >= 0.6 is 0 Å². The zero-order chi connectivity index (χ0) is 21.8. The summed E-state index contributed by atoms with van der Waals surface area (Å²) < 4.78 is 0. The fourth-order valence-electron chi connectivity index (χ4n) is 3.60. The van der Waals surface area contributed by atoms with Gasteiger partial charge in [0.05, 0.1) is 11.6 Å². The van der Waals surface area contributed by atoms with Crippen molar-refractivity contribution >= 4 is 11.9 Å². The third kappa shape index (κ3) is 8.83. The number of likely N-dealkylation sites (N-methyl/N-ethyl adjacent to an activating group) is 1. The van der Waals surface area contributed by atoms with Crippen molar-refractivity contribution < 1.29 is 9.59 Å². The van der Waals surface area contributed by atoms with Gasteiger partial charge in [-0.25, -0.2) is 4.79 Å². The lowest BCUT2D eigenvalue weighted by molar-refractivity contribution is -0.132. The molecule has 30 heavy (non-hydrogen) atoms. The van der Waals surface area contributed by atoms with Crippen molar-refractivity contribution in [3.05, 3.63) is 35.4 Å². The van der Waals surface area contributed by atoms with Crippen LogP contribution in [0, 0.1) is 11.3 Å². The smallest absolute Gasteiger partial charge is 0.315 e. The number of benzene rings is 1. The van der Waals surface area contributed by atoms with Gasteiger partial charge in [0, 0.05) is 38.6 Å². The first kappa shape index (κ1) is 23.7. The SMILES string of the molecule is CN(C)CCN(Cc1ccc(C#N)cc1)C(=O)CCCNC(=O)NC1CCCCC1. The molecular weight excluding hydrogens is 378 g/mol. The number of carbonyl (C=O) groups is 2. The van der Waals surface area contributed by atoms with E-state index in [1.165, 1.54) is 19.3 Å². The minimum absolute atomic E-state index is 0.0794. The Labute approximate surface area is 180 Å². The second kappa shape index (κ2) is 12.9. The molecule has 0 radical (unpaired) electrons. The molecule has 164 valence electrons. The first-order valence-electron chi connectivity index (χ1n) is 10.9. The molecule has 0 bridgehead atoms. The molecule has 2 N–H and O–H groups in total. The Bertz CT molecular complexity index is 705. The molecule has 2 rings (SSSR count). The fraction of sp³-hybridized carbons (Fsp3) is 0.609. The molecule has 0 aliphatic heterocycles. The van der Waals surface area contributed by atoms with Crippen LogP contribution in [0.15, 0.2) is 24.3 Å². The highest BCUT2D eigenvalue weighted by Gasteiger charge is 2.16. The van der Waals surface area contributed by atoms with E-state index in [1.807, 2.05) is 31.1 Å². The van der Waals surface area contributed by atoms with Crippen LogP contribution < -0.4 is 10.6 Å². The molecule has 0 atom stereocenters. The minimum atomic E-state index is -0.128. The number of carbonyl (C=O) groups excluding carboxylic acids is 2. The van der Waals surface area contributed by atoms with E-state index in [0.717, 1.165) is 24.9 Å². The van der Waals surface area contributed by atoms with Crippen LogP contribution in [0.2, 0.25) is 0 Å². The Morgan fingerprint density at radius 1 is 1.10 bits per heavy atom. The van der Waals surface area contributed by atoms with Gasteiger partial charge >= 0.3 is 6.03 Å². The van der Waals surface area contributed by atoms with E-state index in [1.54, 1.807) is 12.1 Å². The number of nitrogens with one attached hydrogen (secondary N) is 2. The van der Waals surface area contributed by atoms with Crippen LogP contribution in [0.25, 0.3) is 0 Å². The third-order valence-electron chi connectivity index (χ3n) is 5.42. The summed E-state index contributed by atoms with van der Waals surface area (Å²) in [5.41, 5.74) is 1.62. The maximum Gasteiger partial charge on any atom is 0.315 e. The number of hydrogen-bond donors (Lipinski definition) is 2. The minimum Gasteiger partial charge on any atom is -0.338 e. The van der Waals surface area contributed by atoms with E-state index in [4.69, 9.17) is 5.26 Å². The summed E-state index contributed by atoms with van der Waals surface area (Å²) in [6.07, 6.45) is 6.75. The molecule has 1 aliphatic carbocycles. The summed E-state index contributed by atoms with van der Waals surface area (Å²) in [4.78, 5) is 28.7. The topological polar surface area (TPSA) is 88.5 Å². The summed E-state index contributed by atoms with van der Waals surface area (Å²) in [6.45, 7) is 2.43. The van der Waals surface area contributed by atoms with Crippen LogP contribution in [0.5, 0.6) is 0 Å². The van der Waals surface area contributed by atoms with Crippen molar-refractivity contribution in [1.82, 2.24) is 20.4 Å². The van der Waals surface area contributed by atoms with Crippen molar-refractivity contribution in [3.63, 3.8) is 0 Å². The average molecular weight is 414 g/mol. The first-order valence-corrected chi connectivity index (χ1v) is 10.9. The Kier molecular flexibility index (Phi) is 10.2. The summed E-state index contributed by atoms with van der Waals surface area (Å²) in [6, 6.07) is 9.61. The molecule has 7 nitrogen and oxygen atoms in total. The number of hydrogen-bond acceptors (Lipinski definition) is 4. The summed E-state index contributed by atoms with van der Waals surface area (Å²) in [5.74, 6) is 0.0794. The molecule has 3 amide bonds. The fourth-order valence-corrected chi connectivity index (χ4v) is 3.60. The normalized spacial score (nSPS) is 14.2. The van der Waals surface area contributed by atoms with E-state index in [9.17, 15) is 9.59 Å². The van der Waals surface area contributed by atoms with Crippen LogP contribution in [0.4, 0.5) is 4.79 Å². The number of urea groups is 1. The number of nitriles is 1. The predicted molar refractivity (Wildman–Crippen MR) is 118 cm³/mol. The lowest BCUT2D eigenvalue weighted by atomic mass is 9.96. The van der Waals surface area contributed by atoms with Gasteiger partial charge in [-0.2, -0.15) is 5.26 Å². The molecule has 1 aromatic carbocycles. The Balaban J connectivity index is 1.76. The predicted octanol–water partition coefficient (Wildman–Crippen LogP) is 2.86. The maximum absolute atomic E-state index is 12.8. The molecule has 7 heteroatoms. The maximum atomic E-state index is 12.8. The molecule has 0 aromatic heterocycles. The van der Waals surface area contributed by atoms with Crippen LogP contribution in [-0.4, -0.2) is 61.5 Å². The van der Waals surface area contributed by atoms with Gasteiger partial charge in [-0.3, -0.25) is 4.79 Å². The van der Waals surface area contributed by atoms with Gasteiger partial charge < -0.3 is 20.4 Å². The summed E-state index contributed by atoms with van der Waals surface area (Å²) in [5, 5.41) is 14.8. The van der Waals surface area contributed by atoms with Crippen molar-refractivity contribution in [2.75, 3.05) is 33.7 Å². The van der Waals surface area contributed by atoms with Gasteiger partial charge in [-0.05, 0) is 51.1 Å². The highest BCUT2D eigenvalue weighted by atomic mass is 16.2. The highest BCUT2D eigenvalue weighted by Crippen LogP contribution is 2.17. The largest absolute Gasteiger partial charge is 0.338 e. The van der Waals surface area contributed by atoms with Gasteiger partial charge in [-0.1, -0.05) is 31.4 Å². The first-order chi connectivity index (χ1) is 14.5. The van der Waals surface area contributed by atoms with E-state index in [2.05, 4.69) is 21.6 Å². The standard InChI is InChI=1S/C23H35N5O2/c1-27(2)15-16-28(18-20-12-10-19(17-24)11-13-20)22(29)9-6-14-25-23(30)26-21-7-4-3-5-8-21/h10-13,21H,3-9,14-16,18H2,1-2H3,(H2,25,26,30). The van der Waals surface area contributed by atoms with Crippen molar-refractivity contribution in [2.45, 2.75) is 57.5 Å². The monoisotopic (exact) mass is 413 g/mol. The summed E-state index contributed by atoms with van der Waals surface area (Å²) in [7, 11) is 3.97. The lowest BCUT2D eigenvalue weighted by Crippen LogP contribution is -2.43. The lowest BCUT2D eigenvalue weighted by Gasteiger charge is -2.25. The molecule has 0 heterocycles. The quantitative estimate of drug-likeness (QED) is 0.577. The molecule has 1 aliphatic rings. The number of nitrogens with zero attached hydrogens (tertiary/aromatic N) is 3. The van der Waals surface area contributed by atoms with Gasteiger partial charge in [0.1, 0.15) is 0 Å². The molecule has 0 spiro atoms. The van der Waals surface area contributed by atoms with Gasteiger partial charge in [0.15, 0.2) is 0 Å². The van der Waals surface area contributed by atoms with E-state index >= 15 is 0 Å². The molecule has 0 saturated heterocycles. The van der Waals surface area contributed by atoms with Crippen molar-refractivity contribution in [2.24, 2.45) is 0 Å². The molecule has 1 saturated carbocycles. The Morgan fingerprint density at radius 2 is 1.80 bits per heavy atom. The summed E-state index contributed by atoms with van der Waals surface area (Å²) >= 11 is 0. The van der Waals surface area contributed by atoms with Crippen LogP contribution in [0.3, 0.4) is 0 Å².